The summed E-state index contributed by atoms with van der Waals surface area (Å²) in [6.45, 7) is 1.96. The van der Waals surface area contributed by atoms with Gasteiger partial charge in [0, 0.05) is 12.1 Å². The van der Waals surface area contributed by atoms with Gasteiger partial charge in [-0.25, -0.2) is 0 Å². The lowest BCUT2D eigenvalue weighted by atomic mass is 10.0. The van der Waals surface area contributed by atoms with Gasteiger partial charge < -0.3 is 16.2 Å². The molecule has 0 spiro atoms. The van der Waals surface area contributed by atoms with Gasteiger partial charge >= 0.3 is 0 Å². The highest BCUT2D eigenvalue weighted by atomic mass is 16.5. The van der Waals surface area contributed by atoms with Crippen molar-refractivity contribution >= 4 is 0 Å². The van der Waals surface area contributed by atoms with Crippen LogP contribution in [0.25, 0.3) is 0 Å². The molecule has 1 aromatic carbocycles. The lowest BCUT2D eigenvalue weighted by molar-refractivity contribution is 0.413. The van der Waals surface area contributed by atoms with E-state index in [-0.39, 0.29) is 12.1 Å². The van der Waals surface area contributed by atoms with Crippen molar-refractivity contribution in [2.24, 2.45) is 11.5 Å². The van der Waals surface area contributed by atoms with Gasteiger partial charge in [-0.15, -0.1) is 0 Å². The zero-order valence-electron chi connectivity index (χ0n) is 8.73. The average Bonchev–Trinajstić information content (AvgIpc) is 2.17. The van der Waals surface area contributed by atoms with E-state index in [9.17, 15) is 0 Å². The van der Waals surface area contributed by atoms with Crippen LogP contribution in [0.1, 0.15) is 24.9 Å². The predicted octanol–water partition coefficient (Wildman–Crippen LogP) is 1.43. The summed E-state index contributed by atoms with van der Waals surface area (Å²) in [6.07, 6.45) is 0.785. The number of hydrogen-bond acceptors (Lipinski definition) is 3. The molecule has 0 bridgehead atoms. The minimum atomic E-state index is -0.00917. The van der Waals surface area contributed by atoms with E-state index < -0.39 is 0 Å². The van der Waals surface area contributed by atoms with Crippen LogP contribution in [0, 0.1) is 0 Å². The van der Waals surface area contributed by atoms with E-state index in [1.54, 1.807) is 7.11 Å². The molecule has 0 fully saturated rings. The molecule has 4 N–H and O–H groups in total. The molecule has 2 unspecified atom stereocenters. The topological polar surface area (TPSA) is 61.3 Å². The van der Waals surface area contributed by atoms with Crippen molar-refractivity contribution in [1.82, 2.24) is 0 Å². The van der Waals surface area contributed by atoms with Gasteiger partial charge in [-0.05, 0) is 31.0 Å². The zero-order valence-corrected chi connectivity index (χ0v) is 8.73. The van der Waals surface area contributed by atoms with Crippen LogP contribution in [-0.4, -0.2) is 13.2 Å². The fourth-order valence-electron chi connectivity index (χ4n) is 1.41. The highest BCUT2D eigenvalue weighted by molar-refractivity contribution is 5.30. The van der Waals surface area contributed by atoms with Crippen LogP contribution < -0.4 is 16.2 Å². The summed E-state index contributed by atoms with van der Waals surface area (Å²) in [5, 5.41) is 0. The van der Waals surface area contributed by atoms with Crippen LogP contribution in [0.4, 0.5) is 0 Å². The maximum Gasteiger partial charge on any atom is 0.119 e. The maximum absolute atomic E-state index is 5.98. The second-order valence-electron chi connectivity index (χ2n) is 3.60. The molecule has 78 valence electrons. The fourth-order valence-corrected chi connectivity index (χ4v) is 1.41. The lowest BCUT2D eigenvalue weighted by Gasteiger charge is -2.15. The van der Waals surface area contributed by atoms with Gasteiger partial charge in [0.15, 0.2) is 0 Å². The monoisotopic (exact) mass is 194 g/mol. The molecule has 2 atom stereocenters. The predicted molar refractivity (Wildman–Crippen MR) is 58.2 cm³/mol. The molecule has 0 radical (unpaired) electrons. The fraction of sp³-hybridized carbons (Fsp3) is 0.455. The molecule has 1 aromatic rings. The Hall–Kier alpha value is -1.06. The standard InChI is InChI=1S/C11H18N2O/c1-8(12)6-11(13)9-4-3-5-10(7-9)14-2/h3-5,7-8,11H,6,12-13H2,1-2H3. The highest BCUT2D eigenvalue weighted by Crippen LogP contribution is 2.20. The molecule has 0 aliphatic carbocycles. The number of rotatable bonds is 4. The zero-order chi connectivity index (χ0) is 10.6. The maximum atomic E-state index is 5.98. The van der Waals surface area contributed by atoms with E-state index in [1.165, 1.54) is 0 Å². The summed E-state index contributed by atoms with van der Waals surface area (Å²) < 4.78 is 5.12. The number of ether oxygens (including phenoxy) is 1. The van der Waals surface area contributed by atoms with Gasteiger partial charge in [0.2, 0.25) is 0 Å². The minimum absolute atomic E-state index is 0.00917. The van der Waals surface area contributed by atoms with E-state index in [2.05, 4.69) is 0 Å². The largest absolute Gasteiger partial charge is 0.497 e. The van der Waals surface area contributed by atoms with Crippen molar-refractivity contribution in [3.05, 3.63) is 29.8 Å². The SMILES string of the molecule is COc1cccc(C(N)CC(C)N)c1. The van der Waals surface area contributed by atoms with Gasteiger partial charge in [0.1, 0.15) is 5.75 Å². The van der Waals surface area contributed by atoms with E-state index in [0.29, 0.717) is 0 Å². The molecule has 0 aliphatic rings. The van der Waals surface area contributed by atoms with Crippen LogP contribution in [0.3, 0.4) is 0 Å². The van der Waals surface area contributed by atoms with E-state index in [4.69, 9.17) is 16.2 Å². The van der Waals surface area contributed by atoms with Crippen LogP contribution in [-0.2, 0) is 0 Å². The van der Waals surface area contributed by atoms with Gasteiger partial charge in [0.05, 0.1) is 7.11 Å². The molecule has 0 amide bonds. The molecule has 0 aliphatic heterocycles. The third-order valence-electron chi connectivity index (χ3n) is 2.15. The highest BCUT2D eigenvalue weighted by Gasteiger charge is 2.08. The van der Waals surface area contributed by atoms with Crippen molar-refractivity contribution in [1.29, 1.82) is 0 Å². The van der Waals surface area contributed by atoms with E-state index in [0.717, 1.165) is 17.7 Å². The molecule has 3 nitrogen and oxygen atoms in total. The van der Waals surface area contributed by atoms with E-state index >= 15 is 0 Å². The normalized spacial score (nSPS) is 14.9. The van der Waals surface area contributed by atoms with E-state index in [1.807, 2.05) is 31.2 Å². The summed E-state index contributed by atoms with van der Waals surface area (Å²) in [7, 11) is 1.65. The molecule has 0 saturated heterocycles. The molecule has 0 heterocycles. The van der Waals surface area contributed by atoms with Crippen LogP contribution in [0.5, 0.6) is 5.75 Å². The summed E-state index contributed by atoms with van der Waals surface area (Å²) in [5.74, 6) is 0.836. The third-order valence-corrected chi connectivity index (χ3v) is 2.15. The number of nitrogens with two attached hydrogens (primary N) is 2. The van der Waals surface area contributed by atoms with Gasteiger partial charge in [-0.1, -0.05) is 12.1 Å². The number of methoxy groups -OCH3 is 1. The smallest absolute Gasteiger partial charge is 0.119 e. The van der Waals surface area contributed by atoms with Crippen molar-refractivity contribution in [2.45, 2.75) is 25.4 Å². The van der Waals surface area contributed by atoms with Gasteiger partial charge in [-0.2, -0.15) is 0 Å². The van der Waals surface area contributed by atoms with Crippen molar-refractivity contribution in [3.8, 4) is 5.75 Å². The first-order valence-electron chi connectivity index (χ1n) is 4.78. The number of hydrogen-bond donors (Lipinski definition) is 2. The summed E-state index contributed by atoms with van der Waals surface area (Å²) in [6, 6.07) is 7.90. The summed E-state index contributed by atoms with van der Waals surface area (Å²) in [5.41, 5.74) is 12.7. The average molecular weight is 194 g/mol. The molecular weight excluding hydrogens is 176 g/mol. The van der Waals surface area contributed by atoms with Gasteiger partial charge in [0.25, 0.3) is 0 Å². The van der Waals surface area contributed by atoms with Crippen LogP contribution in [0.15, 0.2) is 24.3 Å². The quantitative estimate of drug-likeness (QED) is 0.762. The Balaban J connectivity index is 2.73. The molecule has 3 heteroatoms. The Morgan fingerprint density at radius 2 is 2.07 bits per heavy atom. The van der Waals surface area contributed by atoms with Crippen LogP contribution in [0.2, 0.25) is 0 Å². The first-order chi connectivity index (χ1) is 6.63. The minimum Gasteiger partial charge on any atom is -0.497 e. The van der Waals surface area contributed by atoms with Crippen molar-refractivity contribution in [2.75, 3.05) is 7.11 Å². The molecule has 0 aromatic heterocycles. The Morgan fingerprint density at radius 3 is 2.64 bits per heavy atom. The Labute approximate surface area is 85.0 Å². The Kier molecular flexibility index (Phi) is 3.92. The Morgan fingerprint density at radius 1 is 1.36 bits per heavy atom. The van der Waals surface area contributed by atoms with Crippen molar-refractivity contribution in [3.63, 3.8) is 0 Å². The number of benzene rings is 1. The second kappa shape index (κ2) is 4.98. The third kappa shape index (κ3) is 3.01. The molecule has 1 rings (SSSR count). The second-order valence-corrected chi connectivity index (χ2v) is 3.60. The lowest BCUT2D eigenvalue weighted by Crippen LogP contribution is -2.23. The molecule has 0 saturated carbocycles. The summed E-state index contributed by atoms with van der Waals surface area (Å²) >= 11 is 0. The first kappa shape index (κ1) is 11.0. The van der Waals surface area contributed by atoms with Crippen LogP contribution >= 0.6 is 0 Å². The molecular formula is C11H18N2O. The van der Waals surface area contributed by atoms with Crippen molar-refractivity contribution < 1.29 is 4.74 Å². The first-order valence-corrected chi connectivity index (χ1v) is 4.78. The molecule has 14 heavy (non-hydrogen) atoms. The van der Waals surface area contributed by atoms with Gasteiger partial charge in [-0.3, -0.25) is 0 Å². The Bertz CT molecular complexity index is 286. The summed E-state index contributed by atoms with van der Waals surface area (Å²) in [4.78, 5) is 0.